The fourth-order valence-electron chi connectivity index (χ4n) is 3.52. The first-order chi connectivity index (χ1) is 10.7. The Kier molecular flexibility index (Phi) is 4.66. The molecule has 1 aliphatic rings. The fourth-order valence-corrected chi connectivity index (χ4v) is 6.89. The van der Waals surface area contributed by atoms with Crippen molar-refractivity contribution in [3.05, 3.63) is 53.9 Å². The van der Waals surface area contributed by atoms with Gasteiger partial charge in [0.2, 0.25) is 0 Å². The molecule has 0 radical (unpaired) electrons. The highest BCUT2D eigenvalue weighted by Gasteiger charge is 2.38. The van der Waals surface area contributed by atoms with Gasteiger partial charge in [-0.25, -0.2) is 0 Å². The van der Waals surface area contributed by atoms with E-state index in [-0.39, 0.29) is 6.04 Å². The van der Waals surface area contributed by atoms with Gasteiger partial charge in [0.15, 0.2) is 0 Å². The average molecular weight is 331 g/mol. The predicted molar refractivity (Wildman–Crippen MR) is 97.2 cm³/mol. The van der Waals surface area contributed by atoms with Gasteiger partial charge in [-0.3, -0.25) is 4.98 Å². The van der Waals surface area contributed by atoms with Gasteiger partial charge in [0.25, 0.3) is 0 Å². The summed E-state index contributed by atoms with van der Waals surface area (Å²) in [7, 11) is -1.63. The largest absolute Gasteiger partial charge is 0.306 e. The molecule has 0 saturated heterocycles. The summed E-state index contributed by atoms with van der Waals surface area (Å²) >= 11 is 5.79. The van der Waals surface area contributed by atoms with Gasteiger partial charge < -0.3 is 5.32 Å². The topological polar surface area (TPSA) is 24.9 Å². The summed E-state index contributed by atoms with van der Waals surface area (Å²) in [5.41, 5.74) is 2.80. The van der Waals surface area contributed by atoms with E-state index in [1.165, 1.54) is 16.3 Å². The van der Waals surface area contributed by atoms with E-state index in [1.54, 1.807) is 5.19 Å². The normalized spacial score (nSPS) is 18.6. The second-order valence-corrected chi connectivity index (χ2v) is 11.2. The standard InChI is InChI=1S/C18H23ClN2Si/c1-22(2)16-8-4-3-7-14(16)18(21-11-6-5-10-19)15-13-20-12-9-17(15)22/h3-4,7-9,12-13,18,21H,5-6,10-11H2,1-2H3. The molecule has 0 bridgehead atoms. The smallest absolute Gasteiger partial charge is 0.113 e. The molecule has 2 nitrogen and oxygen atoms in total. The van der Waals surface area contributed by atoms with E-state index in [4.69, 9.17) is 11.6 Å². The van der Waals surface area contributed by atoms with E-state index < -0.39 is 8.07 Å². The molecule has 2 aromatic rings. The van der Waals surface area contributed by atoms with Gasteiger partial charge in [-0.2, -0.15) is 0 Å². The molecule has 0 aliphatic carbocycles. The monoisotopic (exact) mass is 330 g/mol. The average Bonchev–Trinajstić information content (AvgIpc) is 2.54. The zero-order valence-corrected chi connectivity index (χ0v) is 15.0. The summed E-state index contributed by atoms with van der Waals surface area (Å²) in [5.74, 6) is 0.737. The van der Waals surface area contributed by atoms with E-state index in [1.807, 2.05) is 6.20 Å². The van der Waals surface area contributed by atoms with Crippen molar-refractivity contribution in [3.8, 4) is 0 Å². The number of nitrogens with one attached hydrogen (secondary N) is 1. The van der Waals surface area contributed by atoms with Crippen molar-refractivity contribution in [2.45, 2.75) is 32.0 Å². The maximum absolute atomic E-state index is 5.79. The van der Waals surface area contributed by atoms with Crippen LogP contribution in [0.3, 0.4) is 0 Å². The van der Waals surface area contributed by atoms with Crippen LogP contribution >= 0.6 is 11.6 Å². The van der Waals surface area contributed by atoms with Gasteiger partial charge >= 0.3 is 0 Å². The molecule has 22 heavy (non-hydrogen) atoms. The summed E-state index contributed by atoms with van der Waals surface area (Å²) in [6, 6.07) is 11.4. The number of rotatable bonds is 5. The van der Waals surface area contributed by atoms with Crippen LogP contribution in [0, 0.1) is 0 Å². The van der Waals surface area contributed by atoms with E-state index in [0.717, 1.165) is 25.3 Å². The van der Waals surface area contributed by atoms with Crippen LogP contribution in [0.2, 0.25) is 13.1 Å². The van der Waals surface area contributed by atoms with Crippen LogP contribution in [0.15, 0.2) is 42.7 Å². The molecule has 0 saturated carbocycles. The molecular formula is C18H23ClN2Si. The van der Waals surface area contributed by atoms with E-state index >= 15 is 0 Å². The number of hydrogen-bond acceptors (Lipinski definition) is 2. The molecule has 0 fully saturated rings. The molecule has 1 unspecified atom stereocenters. The Labute approximate surface area is 138 Å². The highest BCUT2D eigenvalue weighted by molar-refractivity contribution is 7.01. The molecule has 0 amide bonds. The molecule has 1 aliphatic heterocycles. The van der Waals surface area contributed by atoms with Gasteiger partial charge in [0.05, 0.1) is 6.04 Å². The Balaban J connectivity index is 2.00. The van der Waals surface area contributed by atoms with Gasteiger partial charge in [-0.15, -0.1) is 11.6 Å². The van der Waals surface area contributed by atoms with Crippen LogP contribution in [0.1, 0.15) is 30.0 Å². The van der Waals surface area contributed by atoms with Crippen molar-refractivity contribution >= 4 is 30.0 Å². The number of alkyl halides is 1. The minimum absolute atomic E-state index is 0.260. The summed E-state index contributed by atoms with van der Waals surface area (Å²) < 4.78 is 0. The highest BCUT2D eigenvalue weighted by atomic mass is 35.5. The van der Waals surface area contributed by atoms with E-state index in [0.29, 0.717) is 0 Å². The summed E-state index contributed by atoms with van der Waals surface area (Å²) in [6.45, 7) is 5.87. The molecule has 1 N–H and O–H groups in total. The number of halogens is 1. The Morgan fingerprint density at radius 2 is 1.86 bits per heavy atom. The number of aromatic nitrogens is 1. The molecule has 2 heterocycles. The maximum atomic E-state index is 5.79. The first kappa shape index (κ1) is 15.7. The lowest BCUT2D eigenvalue weighted by molar-refractivity contribution is 0.580. The molecule has 1 aromatic carbocycles. The van der Waals surface area contributed by atoms with Crippen LogP contribution in [0.4, 0.5) is 0 Å². The van der Waals surface area contributed by atoms with Gasteiger partial charge in [-0.1, -0.05) is 37.4 Å². The Morgan fingerprint density at radius 1 is 1.09 bits per heavy atom. The molecule has 1 atom stereocenters. The third-order valence-corrected chi connectivity index (χ3v) is 8.56. The van der Waals surface area contributed by atoms with Crippen LogP contribution in [-0.4, -0.2) is 25.5 Å². The molecular weight excluding hydrogens is 308 g/mol. The number of hydrogen-bond donors (Lipinski definition) is 1. The summed E-state index contributed by atoms with van der Waals surface area (Å²) in [4.78, 5) is 4.39. The Bertz CT molecular complexity index is 608. The van der Waals surface area contributed by atoms with E-state index in [9.17, 15) is 0 Å². The van der Waals surface area contributed by atoms with Crippen LogP contribution < -0.4 is 15.7 Å². The quantitative estimate of drug-likeness (QED) is 0.518. The van der Waals surface area contributed by atoms with Crippen molar-refractivity contribution < 1.29 is 0 Å². The van der Waals surface area contributed by atoms with Crippen molar-refractivity contribution in [1.29, 1.82) is 0 Å². The number of nitrogens with zero attached hydrogens (tertiary/aromatic N) is 1. The predicted octanol–water partition coefficient (Wildman–Crippen LogP) is 2.92. The number of unbranched alkanes of at least 4 members (excludes halogenated alkanes) is 1. The maximum Gasteiger partial charge on any atom is 0.113 e. The SMILES string of the molecule is C[Si]1(C)c2ccccc2C(NCCCCCl)c2cnccc21. The third-order valence-electron chi connectivity index (χ3n) is 4.69. The zero-order valence-electron chi connectivity index (χ0n) is 13.3. The first-order valence-corrected chi connectivity index (χ1v) is 11.5. The Hall–Kier alpha value is -1.16. The van der Waals surface area contributed by atoms with Crippen LogP contribution in [-0.2, 0) is 0 Å². The zero-order chi connectivity index (χ0) is 15.6. The van der Waals surface area contributed by atoms with Gasteiger partial charge in [-0.05, 0) is 47.0 Å². The fraction of sp³-hybridized carbons (Fsp3) is 0.389. The second kappa shape index (κ2) is 6.53. The molecule has 0 spiro atoms. The number of benzene rings is 1. The number of fused-ring (bicyclic) bond motifs is 2. The molecule has 4 heteroatoms. The molecule has 1 aromatic heterocycles. The summed E-state index contributed by atoms with van der Waals surface area (Å²) in [5, 5.41) is 6.79. The van der Waals surface area contributed by atoms with Crippen molar-refractivity contribution in [2.75, 3.05) is 12.4 Å². The molecule has 3 rings (SSSR count). The third kappa shape index (κ3) is 2.73. The van der Waals surface area contributed by atoms with Crippen LogP contribution in [0.25, 0.3) is 0 Å². The first-order valence-electron chi connectivity index (χ1n) is 7.99. The van der Waals surface area contributed by atoms with Crippen molar-refractivity contribution in [2.24, 2.45) is 0 Å². The lowest BCUT2D eigenvalue weighted by Crippen LogP contribution is -2.60. The minimum atomic E-state index is -1.63. The summed E-state index contributed by atoms with van der Waals surface area (Å²) in [6.07, 6.45) is 6.16. The second-order valence-electron chi connectivity index (χ2n) is 6.46. The minimum Gasteiger partial charge on any atom is -0.306 e. The van der Waals surface area contributed by atoms with Crippen LogP contribution in [0.5, 0.6) is 0 Å². The van der Waals surface area contributed by atoms with Crippen molar-refractivity contribution in [3.63, 3.8) is 0 Å². The van der Waals surface area contributed by atoms with Gasteiger partial charge in [0, 0.05) is 18.3 Å². The van der Waals surface area contributed by atoms with Crippen molar-refractivity contribution in [1.82, 2.24) is 10.3 Å². The van der Waals surface area contributed by atoms with E-state index in [2.05, 4.69) is 59.9 Å². The van der Waals surface area contributed by atoms with Gasteiger partial charge in [0.1, 0.15) is 8.07 Å². The number of pyridine rings is 1. The lowest BCUT2D eigenvalue weighted by Gasteiger charge is -2.38. The lowest BCUT2D eigenvalue weighted by atomic mass is 9.99. The molecule has 116 valence electrons. The Morgan fingerprint density at radius 3 is 2.68 bits per heavy atom. The highest BCUT2D eigenvalue weighted by Crippen LogP contribution is 2.27.